The molecule has 0 spiro atoms. The number of pyridine rings is 1. The second-order valence-electron chi connectivity index (χ2n) is 4.15. The van der Waals surface area contributed by atoms with E-state index in [4.69, 9.17) is 16.7 Å². The molecule has 0 radical (unpaired) electrons. The first-order chi connectivity index (χ1) is 9.47. The second kappa shape index (κ2) is 5.71. The maximum atomic E-state index is 12.0. The Labute approximate surface area is 120 Å². The summed E-state index contributed by atoms with van der Waals surface area (Å²) in [6, 6.07) is 9.39. The number of aryl methyl sites for hydroxylation is 1. The van der Waals surface area contributed by atoms with Crippen molar-refractivity contribution in [3.63, 3.8) is 0 Å². The quantitative estimate of drug-likeness (QED) is 0.852. The number of carboxylic acids is 1. The van der Waals surface area contributed by atoms with E-state index in [2.05, 4.69) is 10.3 Å². The van der Waals surface area contributed by atoms with Crippen LogP contribution < -0.4 is 5.32 Å². The Balaban J connectivity index is 2.30. The number of carbonyl (C=O) groups is 2. The molecule has 2 N–H and O–H groups in total. The molecule has 1 aromatic heterocycles. The number of aromatic nitrogens is 1. The van der Waals surface area contributed by atoms with Gasteiger partial charge in [0.1, 0.15) is 10.8 Å². The van der Waals surface area contributed by atoms with Crippen molar-refractivity contribution < 1.29 is 14.7 Å². The van der Waals surface area contributed by atoms with Crippen molar-refractivity contribution >= 4 is 29.2 Å². The van der Waals surface area contributed by atoms with Gasteiger partial charge < -0.3 is 10.4 Å². The smallest absolute Gasteiger partial charge is 0.337 e. The minimum absolute atomic E-state index is 0.0281. The molecule has 0 aliphatic heterocycles. The number of nitrogens with one attached hydrogen (secondary N) is 1. The number of amides is 1. The van der Waals surface area contributed by atoms with Crippen LogP contribution in [0.15, 0.2) is 36.4 Å². The highest BCUT2D eigenvalue weighted by Crippen LogP contribution is 2.18. The van der Waals surface area contributed by atoms with Crippen molar-refractivity contribution in [3.8, 4) is 0 Å². The van der Waals surface area contributed by atoms with Crippen LogP contribution in [0.25, 0.3) is 0 Å². The molecule has 1 heterocycles. The van der Waals surface area contributed by atoms with E-state index in [0.29, 0.717) is 0 Å². The number of halogens is 1. The van der Waals surface area contributed by atoms with Crippen LogP contribution in [0.5, 0.6) is 0 Å². The van der Waals surface area contributed by atoms with Gasteiger partial charge in [-0.15, -0.1) is 0 Å². The second-order valence-corrected chi connectivity index (χ2v) is 4.54. The molecule has 0 bridgehead atoms. The lowest BCUT2D eigenvalue weighted by Crippen LogP contribution is -2.16. The number of hydrogen-bond donors (Lipinski definition) is 2. The minimum Gasteiger partial charge on any atom is -0.478 e. The van der Waals surface area contributed by atoms with Crippen molar-refractivity contribution in [2.24, 2.45) is 0 Å². The molecule has 20 heavy (non-hydrogen) atoms. The summed E-state index contributed by atoms with van der Waals surface area (Å²) >= 11 is 5.71. The number of nitrogens with zero attached hydrogens (tertiary/aromatic N) is 1. The Kier molecular flexibility index (Phi) is 4.00. The van der Waals surface area contributed by atoms with Gasteiger partial charge in [-0.25, -0.2) is 9.78 Å². The Hall–Kier alpha value is -2.40. The summed E-state index contributed by atoms with van der Waals surface area (Å²) in [4.78, 5) is 27.0. The fraction of sp³-hybridized carbons (Fsp3) is 0.0714. The highest BCUT2D eigenvalue weighted by atomic mass is 35.5. The SMILES string of the molecule is Cc1ccc(NC(=O)c2cccc(Cl)n2)c(C(=O)O)c1. The highest BCUT2D eigenvalue weighted by molar-refractivity contribution is 6.29. The lowest BCUT2D eigenvalue weighted by atomic mass is 10.1. The van der Waals surface area contributed by atoms with Crippen LogP contribution in [0, 0.1) is 6.92 Å². The van der Waals surface area contributed by atoms with Crippen LogP contribution in [-0.2, 0) is 0 Å². The van der Waals surface area contributed by atoms with Crippen LogP contribution >= 0.6 is 11.6 Å². The van der Waals surface area contributed by atoms with E-state index in [1.54, 1.807) is 31.2 Å². The van der Waals surface area contributed by atoms with E-state index in [0.717, 1.165) is 5.56 Å². The Morgan fingerprint density at radius 1 is 1.25 bits per heavy atom. The van der Waals surface area contributed by atoms with Crippen LogP contribution in [0.2, 0.25) is 5.15 Å². The molecule has 102 valence electrons. The topological polar surface area (TPSA) is 79.3 Å². The monoisotopic (exact) mass is 290 g/mol. The van der Waals surface area contributed by atoms with Gasteiger partial charge in [-0.2, -0.15) is 0 Å². The van der Waals surface area contributed by atoms with E-state index in [1.165, 1.54) is 12.1 Å². The first kappa shape index (κ1) is 14.0. The zero-order valence-electron chi connectivity index (χ0n) is 10.6. The molecule has 0 saturated carbocycles. The normalized spacial score (nSPS) is 10.1. The summed E-state index contributed by atoms with van der Waals surface area (Å²) < 4.78 is 0. The van der Waals surface area contributed by atoms with E-state index < -0.39 is 11.9 Å². The summed E-state index contributed by atoms with van der Waals surface area (Å²) in [6.07, 6.45) is 0. The largest absolute Gasteiger partial charge is 0.478 e. The number of benzene rings is 1. The van der Waals surface area contributed by atoms with Gasteiger partial charge in [0, 0.05) is 0 Å². The van der Waals surface area contributed by atoms with Gasteiger partial charge in [-0.05, 0) is 31.2 Å². The molecule has 2 rings (SSSR count). The fourth-order valence-electron chi connectivity index (χ4n) is 1.67. The van der Waals surface area contributed by atoms with E-state index in [1.807, 2.05) is 0 Å². The number of carboxylic acid groups (broad SMARTS) is 1. The third kappa shape index (κ3) is 3.13. The summed E-state index contributed by atoms with van der Waals surface area (Å²) in [7, 11) is 0. The lowest BCUT2D eigenvalue weighted by Gasteiger charge is -2.09. The van der Waals surface area contributed by atoms with Gasteiger partial charge in [0.15, 0.2) is 0 Å². The van der Waals surface area contributed by atoms with Gasteiger partial charge in [0.2, 0.25) is 0 Å². The molecule has 0 atom stereocenters. The molecular weight excluding hydrogens is 280 g/mol. The summed E-state index contributed by atoms with van der Waals surface area (Å²) in [6.45, 7) is 1.77. The zero-order valence-corrected chi connectivity index (χ0v) is 11.3. The Bertz CT molecular complexity index is 686. The predicted octanol–water partition coefficient (Wildman–Crippen LogP) is 2.99. The predicted molar refractivity (Wildman–Crippen MR) is 75.3 cm³/mol. The van der Waals surface area contributed by atoms with Crippen LogP contribution in [0.1, 0.15) is 26.4 Å². The summed E-state index contributed by atoms with van der Waals surface area (Å²) in [5, 5.41) is 11.8. The van der Waals surface area contributed by atoms with Crippen LogP contribution in [0.4, 0.5) is 5.69 Å². The lowest BCUT2D eigenvalue weighted by molar-refractivity contribution is 0.0698. The molecule has 5 nitrogen and oxygen atoms in total. The van der Waals surface area contributed by atoms with Gasteiger partial charge in [0.25, 0.3) is 5.91 Å². The van der Waals surface area contributed by atoms with Crippen molar-refractivity contribution in [3.05, 3.63) is 58.4 Å². The van der Waals surface area contributed by atoms with E-state index in [9.17, 15) is 9.59 Å². The third-order valence-corrected chi connectivity index (χ3v) is 2.81. The average molecular weight is 291 g/mol. The van der Waals surface area contributed by atoms with Gasteiger partial charge in [0.05, 0.1) is 11.3 Å². The van der Waals surface area contributed by atoms with Crippen molar-refractivity contribution in [1.82, 2.24) is 4.98 Å². The molecule has 0 unspecified atom stereocenters. The first-order valence-electron chi connectivity index (χ1n) is 5.75. The molecule has 0 saturated heterocycles. The highest BCUT2D eigenvalue weighted by Gasteiger charge is 2.14. The zero-order chi connectivity index (χ0) is 14.7. The van der Waals surface area contributed by atoms with Crippen LogP contribution in [-0.4, -0.2) is 22.0 Å². The summed E-state index contributed by atoms with van der Waals surface area (Å²) in [5.41, 5.74) is 1.16. The van der Waals surface area contributed by atoms with Crippen LogP contribution in [0.3, 0.4) is 0 Å². The molecule has 0 fully saturated rings. The molecule has 2 aromatic rings. The van der Waals surface area contributed by atoms with Gasteiger partial charge in [-0.1, -0.05) is 29.3 Å². The number of carbonyl (C=O) groups excluding carboxylic acids is 1. The van der Waals surface area contributed by atoms with E-state index in [-0.39, 0.29) is 22.1 Å². The summed E-state index contributed by atoms with van der Waals surface area (Å²) in [5.74, 6) is -1.62. The fourth-order valence-corrected chi connectivity index (χ4v) is 1.83. The van der Waals surface area contributed by atoms with Crippen molar-refractivity contribution in [2.45, 2.75) is 6.92 Å². The average Bonchev–Trinajstić information content (AvgIpc) is 2.40. The standard InChI is InChI=1S/C14H11ClN2O3/c1-8-5-6-10(9(7-8)14(19)20)17-13(18)11-3-2-4-12(15)16-11/h2-7H,1H3,(H,17,18)(H,19,20). The maximum Gasteiger partial charge on any atom is 0.337 e. The van der Waals surface area contributed by atoms with Gasteiger partial charge in [-0.3, -0.25) is 4.79 Å². The van der Waals surface area contributed by atoms with Crippen molar-refractivity contribution in [2.75, 3.05) is 5.32 Å². The number of rotatable bonds is 3. The van der Waals surface area contributed by atoms with E-state index >= 15 is 0 Å². The maximum absolute atomic E-state index is 12.0. The molecule has 0 aliphatic rings. The molecule has 0 aliphatic carbocycles. The third-order valence-electron chi connectivity index (χ3n) is 2.60. The molecular formula is C14H11ClN2O3. The molecule has 6 heteroatoms. The number of hydrogen-bond acceptors (Lipinski definition) is 3. The van der Waals surface area contributed by atoms with Crippen molar-refractivity contribution in [1.29, 1.82) is 0 Å². The Morgan fingerprint density at radius 3 is 2.65 bits per heavy atom. The Morgan fingerprint density at radius 2 is 2.00 bits per heavy atom. The first-order valence-corrected chi connectivity index (χ1v) is 6.13. The minimum atomic E-state index is -1.11. The molecule has 1 aromatic carbocycles. The number of aromatic carboxylic acids is 1. The van der Waals surface area contributed by atoms with Gasteiger partial charge >= 0.3 is 5.97 Å². The molecule has 1 amide bonds. The number of anilines is 1.